The van der Waals surface area contributed by atoms with E-state index >= 15 is 0 Å². The molecule has 2 aromatic rings. The van der Waals surface area contributed by atoms with Gasteiger partial charge in [-0.15, -0.1) is 0 Å². The van der Waals surface area contributed by atoms with Crippen LogP contribution in [0.5, 0.6) is 0 Å². The Morgan fingerprint density at radius 1 is 1.29 bits per heavy atom. The number of piperidine rings is 1. The number of nitrogens with one attached hydrogen (secondary N) is 1. The van der Waals surface area contributed by atoms with Gasteiger partial charge in [-0.2, -0.15) is 4.31 Å². The molecule has 2 heterocycles. The summed E-state index contributed by atoms with van der Waals surface area (Å²) in [6.45, 7) is 4.14. The van der Waals surface area contributed by atoms with E-state index in [9.17, 15) is 8.42 Å². The average Bonchev–Trinajstić information content (AvgIpc) is 2.59. The van der Waals surface area contributed by atoms with Gasteiger partial charge in [-0.25, -0.2) is 8.42 Å². The van der Waals surface area contributed by atoms with Crippen molar-refractivity contribution < 1.29 is 8.42 Å². The fourth-order valence-corrected chi connectivity index (χ4v) is 5.01. The molecule has 0 atom stereocenters. The van der Waals surface area contributed by atoms with Gasteiger partial charge in [0.25, 0.3) is 0 Å². The van der Waals surface area contributed by atoms with Gasteiger partial charge in [0.05, 0.1) is 5.52 Å². The Kier molecular flexibility index (Phi) is 5.18. The summed E-state index contributed by atoms with van der Waals surface area (Å²) in [5.41, 5.74) is 1.60. The Morgan fingerprint density at radius 3 is 2.75 bits per heavy atom. The number of benzene rings is 1. The molecule has 3 rings (SSSR count). The van der Waals surface area contributed by atoms with Crippen LogP contribution in [0.2, 0.25) is 0 Å². The van der Waals surface area contributed by atoms with E-state index in [1.165, 1.54) is 0 Å². The maximum absolute atomic E-state index is 13.1. The Balaban J connectivity index is 1.84. The molecular weight excluding hydrogens is 322 g/mol. The lowest BCUT2D eigenvalue weighted by atomic mass is 9.95. The quantitative estimate of drug-likeness (QED) is 0.903. The standard InChI is InChI=1S/C18H25N3O2S/c1-14-12-16-4-3-5-17(18(16)20-13-14)24(22,23)21-10-7-15(8-11-21)6-9-19-2/h3-5,12-13,15,19H,6-11H2,1-2H3. The summed E-state index contributed by atoms with van der Waals surface area (Å²) in [7, 11) is -1.54. The van der Waals surface area contributed by atoms with Crippen LogP contribution in [0.15, 0.2) is 35.4 Å². The van der Waals surface area contributed by atoms with Gasteiger partial charge in [-0.1, -0.05) is 12.1 Å². The molecule has 1 N–H and O–H groups in total. The molecule has 0 aliphatic carbocycles. The zero-order chi connectivity index (χ0) is 17.2. The number of aromatic nitrogens is 1. The van der Waals surface area contributed by atoms with E-state index in [0.717, 1.165) is 36.8 Å². The second-order valence-electron chi connectivity index (χ2n) is 6.58. The van der Waals surface area contributed by atoms with Crippen molar-refractivity contribution in [2.75, 3.05) is 26.7 Å². The first-order chi connectivity index (χ1) is 11.5. The summed E-state index contributed by atoms with van der Waals surface area (Å²) < 4.78 is 27.8. The molecule has 0 unspecified atom stereocenters. The van der Waals surface area contributed by atoms with Crippen molar-refractivity contribution in [3.8, 4) is 0 Å². The molecule has 6 heteroatoms. The first kappa shape index (κ1) is 17.3. The van der Waals surface area contributed by atoms with Crippen LogP contribution >= 0.6 is 0 Å². The van der Waals surface area contributed by atoms with Gasteiger partial charge >= 0.3 is 0 Å². The lowest BCUT2D eigenvalue weighted by Crippen LogP contribution is -2.39. The summed E-state index contributed by atoms with van der Waals surface area (Å²) >= 11 is 0. The molecule has 0 saturated carbocycles. The minimum absolute atomic E-state index is 0.327. The van der Waals surface area contributed by atoms with Crippen LogP contribution in [0.4, 0.5) is 0 Å². The highest BCUT2D eigenvalue weighted by atomic mass is 32.2. The molecule has 130 valence electrons. The molecule has 0 radical (unpaired) electrons. The molecule has 1 saturated heterocycles. The van der Waals surface area contributed by atoms with Crippen molar-refractivity contribution in [3.05, 3.63) is 36.0 Å². The number of rotatable bonds is 5. The van der Waals surface area contributed by atoms with Gasteiger partial charge in [0.2, 0.25) is 10.0 Å². The van der Waals surface area contributed by atoms with E-state index in [-0.39, 0.29) is 0 Å². The SMILES string of the molecule is CNCCC1CCN(S(=O)(=O)c2cccc3cc(C)cnc23)CC1. The predicted octanol–water partition coefficient (Wildman–Crippen LogP) is 2.55. The maximum Gasteiger partial charge on any atom is 0.245 e. The van der Waals surface area contributed by atoms with Crippen molar-refractivity contribution in [1.29, 1.82) is 0 Å². The number of nitrogens with zero attached hydrogens (tertiary/aromatic N) is 2. The second kappa shape index (κ2) is 7.17. The number of para-hydroxylation sites is 1. The number of fused-ring (bicyclic) bond motifs is 1. The van der Waals surface area contributed by atoms with E-state index < -0.39 is 10.0 Å². The Labute approximate surface area is 144 Å². The minimum Gasteiger partial charge on any atom is -0.320 e. The van der Waals surface area contributed by atoms with Gasteiger partial charge in [0.1, 0.15) is 4.90 Å². The van der Waals surface area contributed by atoms with Crippen LogP contribution in [-0.2, 0) is 10.0 Å². The second-order valence-corrected chi connectivity index (χ2v) is 8.49. The lowest BCUT2D eigenvalue weighted by Gasteiger charge is -2.31. The molecule has 1 fully saturated rings. The smallest absolute Gasteiger partial charge is 0.245 e. The predicted molar refractivity (Wildman–Crippen MR) is 96.5 cm³/mol. The number of hydrogen-bond donors (Lipinski definition) is 1. The van der Waals surface area contributed by atoms with Crippen LogP contribution in [0.3, 0.4) is 0 Å². The number of pyridine rings is 1. The summed E-state index contributed by atoms with van der Waals surface area (Å²) in [5.74, 6) is 0.609. The number of sulfonamides is 1. The Hall–Kier alpha value is -1.50. The van der Waals surface area contributed by atoms with Gasteiger partial charge in [0, 0.05) is 24.7 Å². The fourth-order valence-electron chi connectivity index (χ4n) is 3.38. The highest BCUT2D eigenvalue weighted by Gasteiger charge is 2.30. The molecule has 24 heavy (non-hydrogen) atoms. The molecule has 1 aliphatic heterocycles. The van der Waals surface area contributed by atoms with E-state index in [4.69, 9.17) is 0 Å². The fraction of sp³-hybridized carbons (Fsp3) is 0.500. The summed E-state index contributed by atoms with van der Waals surface area (Å²) in [6, 6.07) is 7.37. The highest BCUT2D eigenvalue weighted by Crippen LogP contribution is 2.28. The molecule has 1 aromatic carbocycles. The third kappa shape index (κ3) is 3.45. The van der Waals surface area contributed by atoms with Gasteiger partial charge < -0.3 is 5.32 Å². The van der Waals surface area contributed by atoms with Gasteiger partial charge in [-0.3, -0.25) is 4.98 Å². The normalized spacial score (nSPS) is 17.4. The maximum atomic E-state index is 13.1. The lowest BCUT2D eigenvalue weighted by molar-refractivity contribution is 0.263. The van der Waals surface area contributed by atoms with Crippen molar-refractivity contribution >= 4 is 20.9 Å². The minimum atomic E-state index is -3.49. The summed E-state index contributed by atoms with van der Waals surface area (Å²) in [4.78, 5) is 4.71. The highest BCUT2D eigenvalue weighted by molar-refractivity contribution is 7.89. The molecule has 0 spiro atoms. The molecular formula is C18H25N3O2S. The largest absolute Gasteiger partial charge is 0.320 e. The van der Waals surface area contributed by atoms with E-state index in [2.05, 4.69) is 10.3 Å². The van der Waals surface area contributed by atoms with Crippen LogP contribution < -0.4 is 5.32 Å². The van der Waals surface area contributed by atoms with E-state index in [0.29, 0.717) is 29.4 Å². The molecule has 1 aromatic heterocycles. The zero-order valence-electron chi connectivity index (χ0n) is 14.3. The number of aryl methyl sites for hydroxylation is 1. The van der Waals surface area contributed by atoms with E-state index in [1.54, 1.807) is 22.6 Å². The zero-order valence-corrected chi connectivity index (χ0v) is 15.1. The van der Waals surface area contributed by atoms with E-state index in [1.807, 2.05) is 26.1 Å². The molecule has 1 aliphatic rings. The van der Waals surface area contributed by atoms with Crippen molar-refractivity contribution in [1.82, 2.24) is 14.6 Å². The topological polar surface area (TPSA) is 62.3 Å². The average molecular weight is 347 g/mol. The van der Waals surface area contributed by atoms with Gasteiger partial charge in [0.15, 0.2) is 0 Å². The third-order valence-electron chi connectivity index (χ3n) is 4.80. The summed E-state index contributed by atoms with van der Waals surface area (Å²) in [6.07, 6.45) is 4.70. The molecule has 0 bridgehead atoms. The van der Waals surface area contributed by atoms with Crippen LogP contribution in [0, 0.1) is 12.8 Å². The monoisotopic (exact) mass is 347 g/mol. The van der Waals surface area contributed by atoms with Crippen molar-refractivity contribution in [3.63, 3.8) is 0 Å². The van der Waals surface area contributed by atoms with Gasteiger partial charge in [-0.05, 0) is 63.4 Å². The van der Waals surface area contributed by atoms with Crippen molar-refractivity contribution in [2.24, 2.45) is 5.92 Å². The summed E-state index contributed by atoms with van der Waals surface area (Å²) in [5, 5.41) is 4.04. The van der Waals surface area contributed by atoms with Crippen LogP contribution in [0.25, 0.3) is 10.9 Å². The number of hydrogen-bond acceptors (Lipinski definition) is 4. The van der Waals surface area contributed by atoms with Crippen LogP contribution in [-0.4, -0.2) is 44.4 Å². The molecule has 5 nitrogen and oxygen atoms in total. The van der Waals surface area contributed by atoms with Crippen LogP contribution in [0.1, 0.15) is 24.8 Å². The Morgan fingerprint density at radius 2 is 2.04 bits per heavy atom. The Bertz CT molecular complexity index is 812. The molecule has 0 amide bonds. The van der Waals surface area contributed by atoms with Crippen molar-refractivity contribution in [2.45, 2.75) is 31.1 Å². The first-order valence-corrected chi connectivity index (χ1v) is 9.96. The third-order valence-corrected chi connectivity index (χ3v) is 6.73. The first-order valence-electron chi connectivity index (χ1n) is 8.52.